The summed E-state index contributed by atoms with van der Waals surface area (Å²) >= 11 is 0. The fourth-order valence-corrected chi connectivity index (χ4v) is 2.14. The highest BCUT2D eigenvalue weighted by atomic mass is 15.1. The molecule has 0 saturated carbocycles. The number of fused-ring (bicyclic) bond motifs is 1. The first-order valence-corrected chi connectivity index (χ1v) is 6.98. The Balaban J connectivity index is 1.79. The molecule has 5 heteroatoms. The van der Waals surface area contributed by atoms with E-state index in [9.17, 15) is 0 Å². The van der Waals surface area contributed by atoms with Crippen molar-refractivity contribution in [2.45, 2.75) is 20.3 Å². The number of nitrogens with one attached hydrogen (secondary N) is 1. The molecule has 2 heterocycles. The number of nitrogens with zero attached hydrogens (tertiary/aromatic N) is 4. The third-order valence-corrected chi connectivity index (χ3v) is 3.43. The van der Waals surface area contributed by atoms with E-state index >= 15 is 0 Å². The van der Waals surface area contributed by atoms with E-state index in [2.05, 4.69) is 37.4 Å². The maximum absolute atomic E-state index is 4.55. The minimum Gasteiger partial charge on any atom is -0.368 e. The van der Waals surface area contributed by atoms with Crippen LogP contribution in [0.25, 0.3) is 11.2 Å². The smallest absolute Gasteiger partial charge is 0.183 e. The fourth-order valence-electron chi connectivity index (χ4n) is 2.14. The predicted octanol–water partition coefficient (Wildman–Crippen LogP) is 2.69. The molecule has 5 nitrogen and oxygen atoms in total. The van der Waals surface area contributed by atoms with Gasteiger partial charge in [-0.1, -0.05) is 30.3 Å². The number of hydrogen-bond donors (Lipinski definition) is 1. The topological polar surface area (TPSA) is 63.6 Å². The highest BCUT2D eigenvalue weighted by molar-refractivity contribution is 5.82. The highest BCUT2D eigenvalue weighted by Crippen LogP contribution is 2.16. The van der Waals surface area contributed by atoms with Gasteiger partial charge in [-0.2, -0.15) is 0 Å². The van der Waals surface area contributed by atoms with Crippen LogP contribution >= 0.6 is 0 Å². The molecule has 21 heavy (non-hydrogen) atoms. The zero-order chi connectivity index (χ0) is 14.7. The van der Waals surface area contributed by atoms with E-state index in [4.69, 9.17) is 0 Å². The molecule has 0 saturated heterocycles. The van der Waals surface area contributed by atoms with Gasteiger partial charge >= 0.3 is 0 Å². The van der Waals surface area contributed by atoms with Crippen LogP contribution in [-0.2, 0) is 6.42 Å². The normalized spacial score (nSPS) is 10.8. The van der Waals surface area contributed by atoms with Crippen LogP contribution < -0.4 is 5.32 Å². The average Bonchev–Trinajstić information content (AvgIpc) is 2.50. The van der Waals surface area contributed by atoms with Crippen LogP contribution in [0.5, 0.6) is 0 Å². The van der Waals surface area contributed by atoms with Gasteiger partial charge in [-0.25, -0.2) is 19.9 Å². The summed E-state index contributed by atoms with van der Waals surface area (Å²) in [6.07, 6.45) is 2.46. The molecule has 0 aliphatic rings. The van der Waals surface area contributed by atoms with E-state index in [1.165, 1.54) is 11.9 Å². The Hall–Kier alpha value is -2.56. The summed E-state index contributed by atoms with van der Waals surface area (Å²) in [5, 5.41) is 3.33. The molecule has 0 fully saturated rings. The zero-order valence-electron chi connectivity index (χ0n) is 12.2. The Morgan fingerprint density at radius 2 is 1.71 bits per heavy atom. The second-order valence-electron chi connectivity index (χ2n) is 4.95. The molecule has 0 radical (unpaired) electrons. The van der Waals surface area contributed by atoms with Crippen molar-refractivity contribution in [1.82, 2.24) is 19.9 Å². The Morgan fingerprint density at radius 1 is 0.952 bits per heavy atom. The van der Waals surface area contributed by atoms with Crippen molar-refractivity contribution >= 4 is 17.0 Å². The number of benzene rings is 1. The van der Waals surface area contributed by atoms with Crippen molar-refractivity contribution in [3.8, 4) is 0 Å². The molecule has 0 aliphatic carbocycles. The predicted molar refractivity (Wildman–Crippen MR) is 83.2 cm³/mol. The number of aromatic nitrogens is 4. The van der Waals surface area contributed by atoms with Crippen molar-refractivity contribution in [1.29, 1.82) is 0 Å². The van der Waals surface area contributed by atoms with Crippen molar-refractivity contribution in [3.63, 3.8) is 0 Å². The number of aryl methyl sites for hydroxylation is 2. The van der Waals surface area contributed by atoms with Crippen molar-refractivity contribution in [3.05, 3.63) is 53.6 Å². The van der Waals surface area contributed by atoms with E-state index in [1.54, 1.807) is 0 Å². The SMILES string of the molecule is Cc1nc2ncnc(NCCc3ccccc3)c2nc1C. The minimum atomic E-state index is 0.635. The van der Waals surface area contributed by atoms with Gasteiger partial charge in [0.25, 0.3) is 0 Å². The molecule has 0 bridgehead atoms. The third-order valence-electron chi connectivity index (χ3n) is 3.43. The lowest BCUT2D eigenvalue weighted by atomic mass is 10.1. The van der Waals surface area contributed by atoms with Gasteiger partial charge in [0.1, 0.15) is 6.33 Å². The molecule has 2 aromatic heterocycles. The van der Waals surface area contributed by atoms with E-state index < -0.39 is 0 Å². The van der Waals surface area contributed by atoms with Gasteiger partial charge in [-0.15, -0.1) is 0 Å². The van der Waals surface area contributed by atoms with Gasteiger partial charge < -0.3 is 5.32 Å². The lowest BCUT2D eigenvalue weighted by Gasteiger charge is -2.08. The Labute approximate surface area is 123 Å². The van der Waals surface area contributed by atoms with Crippen molar-refractivity contribution < 1.29 is 0 Å². The molecule has 0 unspecified atom stereocenters. The van der Waals surface area contributed by atoms with Crippen LogP contribution in [-0.4, -0.2) is 26.5 Å². The monoisotopic (exact) mass is 279 g/mol. The van der Waals surface area contributed by atoms with Gasteiger partial charge in [0.05, 0.1) is 11.4 Å². The van der Waals surface area contributed by atoms with Gasteiger partial charge in [0.15, 0.2) is 17.0 Å². The summed E-state index contributed by atoms with van der Waals surface area (Å²) in [6.45, 7) is 4.68. The van der Waals surface area contributed by atoms with Crippen LogP contribution in [0.4, 0.5) is 5.82 Å². The molecule has 3 rings (SSSR count). The number of hydrogen-bond acceptors (Lipinski definition) is 5. The van der Waals surface area contributed by atoms with Crippen LogP contribution in [0, 0.1) is 13.8 Å². The second kappa shape index (κ2) is 5.83. The van der Waals surface area contributed by atoms with Crippen molar-refractivity contribution in [2.75, 3.05) is 11.9 Å². The van der Waals surface area contributed by atoms with Crippen molar-refractivity contribution in [2.24, 2.45) is 0 Å². The summed E-state index contributed by atoms with van der Waals surface area (Å²) in [5.41, 5.74) is 4.46. The molecule has 0 aliphatic heterocycles. The first-order valence-electron chi connectivity index (χ1n) is 6.98. The molecule has 3 aromatic rings. The Kier molecular flexibility index (Phi) is 3.73. The van der Waals surface area contributed by atoms with Crippen LogP contribution in [0.15, 0.2) is 36.7 Å². The molecular weight excluding hydrogens is 262 g/mol. The summed E-state index contributed by atoms with van der Waals surface area (Å²) in [7, 11) is 0. The maximum atomic E-state index is 4.55. The second-order valence-corrected chi connectivity index (χ2v) is 4.95. The van der Waals surface area contributed by atoms with E-state index in [1.807, 2.05) is 32.0 Å². The largest absolute Gasteiger partial charge is 0.368 e. The van der Waals surface area contributed by atoms with Gasteiger partial charge in [-0.3, -0.25) is 0 Å². The molecule has 1 aromatic carbocycles. The summed E-state index contributed by atoms with van der Waals surface area (Å²) < 4.78 is 0. The molecule has 1 N–H and O–H groups in total. The van der Waals surface area contributed by atoms with Gasteiger partial charge in [0.2, 0.25) is 0 Å². The molecule has 0 atom stereocenters. The molecular formula is C16H17N5. The van der Waals surface area contributed by atoms with Gasteiger partial charge in [-0.05, 0) is 25.8 Å². The number of anilines is 1. The zero-order valence-corrected chi connectivity index (χ0v) is 12.2. The molecule has 0 spiro atoms. The van der Waals surface area contributed by atoms with Crippen LogP contribution in [0.1, 0.15) is 17.0 Å². The average molecular weight is 279 g/mol. The van der Waals surface area contributed by atoms with Gasteiger partial charge in [0, 0.05) is 6.54 Å². The van der Waals surface area contributed by atoms with E-state index in [-0.39, 0.29) is 0 Å². The van der Waals surface area contributed by atoms with E-state index in [0.29, 0.717) is 5.65 Å². The summed E-state index contributed by atoms with van der Waals surface area (Å²) in [6, 6.07) is 10.4. The Morgan fingerprint density at radius 3 is 2.52 bits per heavy atom. The van der Waals surface area contributed by atoms with Crippen LogP contribution in [0.2, 0.25) is 0 Å². The lowest BCUT2D eigenvalue weighted by molar-refractivity contribution is 0.995. The molecule has 106 valence electrons. The first-order chi connectivity index (χ1) is 10.2. The van der Waals surface area contributed by atoms with Crippen LogP contribution in [0.3, 0.4) is 0 Å². The lowest BCUT2D eigenvalue weighted by Crippen LogP contribution is -2.08. The Bertz CT molecular complexity index is 755. The third kappa shape index (κ3) is 2.97. The number of rotatable bonds is 4. The highest BCUT2D eigenvalue weighted by Gasteiger charge is 2.08. The fraction of sp³-hybridized carbons (Fsp3) is 0.250. The molecule has 0 amide bonds. The van der Waals surface area contributed by atoms with E-state index in [0.717, 1.165) is 35.7 Å². The quantitative estimate of drug-likeness (QED) is 0.795. The first kappa shape index (κ1) is 13.4. The standard InChI is InChI=1S/C16H17N5/c1-11-12(2)21-16-14(20-11)15(18-10-19-16)17-9-8-13-6-4-3-5-7-13/h3-7,10H,8-9H2,1-2H3,(H,17,18,19,21). The maximum Gasteiger partial charge on any atom is 0.183 e. The minimum absolute atomic E-state index is 0.635. The summed E-state index contributed by atoms with van der Waals surface area (Å²) in [5.74, 6) is 0.742. The summed E-state index contributed by atoms with van der Waals surface area (Å²) in [4.78, 5) is 17.5.